The van der Waals surface area contributed by atoms with Gasteiger partial charge in [0.15, 0.2) is 5.78 Å². The average Bonchev–Trinajstić information content (AvgIpc) is 3.10. The van der Waals surface area contributed by atoms with Crippen LogP contribution in [0.25, 0.3) is 0 Å². The number of hydrogen-bond donors (Lipinski definition) is 0. The van der Waals surface area contributed by atoms with Crippen molar-refractivity contribution in [1.29, 1.82) is 0 Å². The maximum atomic E-state index is 12.3. The highest BCUT2D eigenvalue weighted by Crippen LogP contribution is 2.49. The van der Waals surface area contributed by atoms with Gasteiger partial charge in [-0.25, -0.2) is 4.79 Å². The van der Waals surface area contributed by atoms with Crippen molar-refractivity contribution in [3.8, 4) is 0 Å². The van der Waals surface area contributed by atoms with Crippen LogP contribution in [0.5, 0.6) is 0 Å². The normalized spacial score (nSPS) is 23.9. The summed E-state index contributed by atoms with van der Waals surface area (Å²) in [7, 11) is 0. The number of ether oxygens (including phenoxy) is 2. The predicted octanol–water partition coefficient (Wildman–Crippen LogP) is 1.91. The number of esters is 1. The molecule has 2 aliphatic rings. The van der Waals surface area contributed by atoms with E-state index in [1.807, 2.05) is 0 Å². The summed E-state index contributed by atoms with van der Waals surface area (Å²) in [5.74, 6) is -1.49. The summed E-state index contributed by atoms with van der Waals surface area (Å²) in [6.07, 6.45) is 1.48. The first-order chi connectivity index (χ1) is 9.68. The molecule has 2 fully saturated rings. The van der Waals surface area contributed by atoms with Gasteiger partial charge in [-0.05, 0) is 47.0 Å². The van der Waals surface area contributed by atoms with E-state index in [2.05, 4.69) is 0 Å². The van der Waals surface area contributed by atoms with E-state index in [-0.39, 0.29) is 18.9 Å². The highest BCUT2D eigenvalue weighted by Gasteiger charge is 2.58. The van der Waals surface area contributed by atoms with Crippen LogP contribution in [-0.4, -0.2) is 47.0 Å². The molecule has 1 aliphatic carbocycles. The molecule has 2 rings (SSSR count). The van der Waals surface area contributed by atoms with E-state index < -0.39 is 29.1 Å². The molecule has 0 aromatic carbocycles. The minimum absolute atomic E-state index is 0.0710. The van der Waals surface area contributed by atoms with Crippen LogP contribution < -0.4 is 0 Å². The van der Waals surface area contributed by atoms with Crippen molar-refractivity contribution >= 4 is 17.8 Å². The highest BCUT2D eigenvalue weighted by atomic mass is 16.6. The van der Waals surface area contributed by atoms with Crippen molar-refractivity contribution in [1.82, 2.24) is 4.90 Å². The van der Waals surface area contributed by atoms with Crippen LogP contribution in [0.3, 0.4) is 0 Å². The Morgan fingerprint density at radius 1 is 1.33 bits per heavy atom. The molecule has 1 spiro atoms. The van der Waals surface area contributed by atoms with Crippen molar-refractivity contribution < 1.29 is 23.9 Å². The number of Topliss-reactive ketones (excluding diaryl/α,β-unsaturated/α-hetero) is 1. The van der Waals surface area contributed by atoms with Gasteiger partial charge in [0.25, 0.3) is 0 Å². The molecule has 1 heterocycles. The molecule has 6 nitrogen and oxygen atoms in total. The number of likely N-dealkylation sites (tertiary alicyclic amines) is 1. The molecule has 0 aromatic heterocycles. The van der Waals surface area contributed by atoms with Crippen LogP contribution in [0.4, 0.5) is 4.79 Å². The Hall–Kier alpha value is -1.59. The molecule has 21 heavy (non-hydrogen) atoms. The summed E-state index contributed by atoms with van der Waals surface area (Å²) in [5.41, 5.74) is -0.998. The topological polar surface area (TPSA) is 72.9 Å². The number of rotatable bonds is 2. The first-order valence-electron chi connectivity index (χ1n) is 7.38. The molecule has 1 aliphatic heterocycles. The van der Waals surface area contributed by atoms with Crippen LogP contribution in [-0.2, 0) is 19.1 Å². The number of piperidine rings is 1. The predicted molar refractivity (Wildman–Crippen MR) is 74.7 cm³/mol. The van der Waals surface area contributed by atoms with E-state index in [1.54, 1.807) is 27.7 Å². The molecule has 0 radical (unpaired) electrons. The minimum atomic E-state index is -0.744. The summed E-state index contributed by atoms with van der Waals surface area (Å²) < 4.78 is 10.3. The third-order valence-electron chi connectivity index (χ3n) is 3.87. The fraction of sp³-hybridized carbons (Fsp3) is 0.800. The largest absolute Gasteiger partial charge is 0.465 e. The number of amides is 1. The molecule has 0 N–H and O–H groups in total. The molecular weight excluding hydrogens is 274 g/mol. The second-order valence-corrected chi connectivity index (χ2v) is 6.77. The monoisotopic (exact) mass is 297 g/mol. The maximum Gasteiger partial charge on any atom is 0.411 e. The lowest BCUT2D eigenvalue weighted by Crippen LogP contribution is -2.55. The molecule has 0 bridgehead atoms. The Morgan fingerprint density at radius 3 is 2.43 bits per heavy atom. The Morgan fingerprint density at radius 2 is 1.95 bits per heavy atom. The van der Waals surface area contributed by atoms with Gasteiger partial charge in [-0.3, -0.25) is 14.5 Å². The summed E-state index contributed by atoms with van der Waals surface area (Å²) in [6.45, 7) is 7.27. The second kappa shape index (κ2) is 5.31. The number of ketones is 1. The van der Waals surface area contributed by atoms with Gasteiger partial charge in [-0.2, -0.15) is 0 Å². The zero-order valence-corrected chi connectivity index (χ0v) is 13.1. The van der Waals surface area contributed by atoms with Crippen molar-refractivity contribution in [3.05, 3.63) is 0 Å². The van der Waals surface area contributed by atoms with Crippen molar-refractivity contribution in [2.24, 2.45) is 5.92 Å². The molecule has 118 valence electrons. The van der Waals surface area contributed by atoms with Gasteiger partial charge in [-0.1, -0.05) is 0 Å². The lowest BCUT2D eigenvalue weighted by Gasteiger charge is -2.38. The minimum Gasteiger partial charge on any atom is -0.465 e. The van der Waals surface area contributed by atoms with Crippen LogP contribution in [0, 0.1) is 5.92 Å². The SMILES string of the molecule is CCOC(=O)C1CC2(CC2)N(C(=O)OC(C)(C)C)CC1=O. The quantitative estimate of drug-likeness (QED) is 0.575. The zero-order valence-electron chi connectivity index (χ0n) is 13.1. The molecule has 1 amide bonds. The standard InChI is InChI=1S/C15H23NO5/c1-5-20-12(18)10-8-15(6-7-15)16(9-11(10)17)13(19)21-14(2,3)4/h10H,5-9H2,1-4H3. The third-order valence-corrected chi connectivity index (χ3v) is 3.87. The van der Waals surface area contributed by atoms with Gasteiger partial charge in [0.05, 0.1) is 13.2 Å². The Balaban J connectivity index is 2.10. The highest BCUT2D eigenvalue weighted by molar-refractivity contribution is 6.02. The van der Waals surface area contributed by atoms with E-state index in [0.717, 1.165) is 12.8 Å². The first kappa shape index (κ1) is 15.8. The van der Waals surface area contributed by atoms with Crippen LogP contribution in [0.15, 0.2) is 0 Å². The number of carbonyl (C=O) groups excluding carboxylic acids is 3. The molecule has 1 saturated carbocycles. The lowest BCUT2D eigenvalue weighted by molar-refractivity contribution is -0.155. The van der Waals surface area contributed by atoms with Gasteiger partial charge in [0.1, 0.15) is 11.5 Å². The maximum absolute atomic E-state index is 12.3. The molecular formula is C15H23NO5. The van der Waals surface area contributed by atoms with Gasteiger partial charge in [0, 0.05) is 5.54 Å². The Labute approximate surface area is 124 Å². The fourth-order valence-electron chi connectivity index (χ4n) is 2.69. The van der Waals surface area contributed by atoms with Crippen molar-refractivity contribution in [2.45, 2.75) is 58.1 Å². The van der Waals surface area contributed by atoms with E-state index in [9.17, 15) is 14.4 Å². The second-order valence-electron chi connectivity index (χ2n) is 6.77. The zero-order chi connectivity index (χ0) is 15.8. The lowest BCUT2D eigenvalue weighted by atomic mass is 9.88. The van der Waals surface area contributed by atoms with E-state index >= 15 is 0 Å². The molecule has 1 unspecified atom stereocenters. The molecule has 0 aromatic rings. The third kappa shape index (κ3) is 3.36. The summed E-state index contributed by atoms with van der Waals surface area (Å²) in [6, 6.07) is 0. The van der Waals surface area contributed by atoms with Crippen LogP contribution in [0.1, 0.15) is 47.0 Å². The van der Waals surface area contributed by atoms with E-state index in [4.69, 9.17) is 9.47 Å². The summed E-state index contributed by atoms with van der Waals surface area (Å²) >= 11 is 0. The Kier molecular flexibility index (Phi) is 4.00. The molecule has 1 saturated heterocycles. The van der Waals surface area contributed by atoms with Crippen molar-refractivity contribution in [3.63, 3.8) is 0 Å². The number of carbonyl (C=O) groups is 3. The van der Waals surface area contributed by atoms with Gasteiger partial charge >= 0.3 is 12.1 Å². The smallest absolute Gasteiger partial charge is 0.411 e. The first-order valence-corrected chi connectivity index (χ1v) is 7.38. The summed E-state index contributed by atoms with van der Waals surface area (Å²) in [5, 5.41) is 0. The van der Waals surface area contributed by atoms with Crippen LogP contribution >= 0.6 is 0 Å². The number of nitrogens with zero attached hydrogens (tertiary/aromatic N) is 1. The fourth-order valence-corrected chi connectivity index (χ4v) is 2.69. The molecule has 6 heteroatoms. The van der Waals surface area contributed by atoms with Gasteiger partial charge in [-0.15, -0.1) is 0 Å². The van der Waals surface area contributed by atoms with Crippen LogP contribution in [0.2, 0.25) is 0 Å². The van der Waals surface area contributed by atoms with Gasteiger partial charge in [0.2, 0.25) is 0 Å². The summed E-state index contributed by atoms with van der Waals surface area (Å²) in [4.78, 5) is 37.8. The average molecular weight is 297 g/mol. The Bertz CT molecular complexity index is 461. The van der Waals surface area contributed by atoms with E-state index in [1.165, 1.54) is 4.90 Å². The molecule has 1 atom stereocenters. The van der Waals surface area contributed by atoms with Crippen molar-refractivity contribution in [2.75, 3.05) is 13.2 Å². The van der Waals surface area contributed by atoms with E-state index in [0.29, 0.717) is 6.42 Å². The number of hydrogen-bond acceptors (Lipinski definition) is 5. The van der Waals surface area contributed by atoms with Gasteiger partial charge < -0.3 is 9.47 Å².